The molecule has 4 heteroatoms. The smallest absolute Gasteiger partial charge is 0.101 e. The summed E-state index contributed by atoms with van der Waals surface area (Å²) in [5.74, 6) is 0.306. The quantitative estimate of drug-likeness (QED) is 0.901. The predicted octanol–water partition coefficient (Wildman–Crippen LogP) is 2.89. The first kappa shape index (κ1) is 12.4. The van der Waals surface area contributed by atoms with E-state index >= 15 is 0 Å². The van der Waals surface area contributed by atoms with Crippen molar-refractivity contribution in [3.05, 3.63) is 28.2 Å². The Morgan fingerprint density at radius 2 is 2.29 bits per heavy atom. The topological polar surface area (TPSA) is 56.0 Å². The fourth-order valence-corrected chi connectivity index (χ4v) is 2.74. The Bertz CT molecular complexity index is 442. The summed E-state index contributed by atoms with van der Waals surface area (Å²) in [6.45, 7) is 0.216. The number of hydrogen-bond donors (Lipinski definition) is 2. The molecule has 0 spiro atoms. The number of nitrogens with one attached hydrogen (secondary N) is 1. The summed E-state index contributed by atoms with van der Waals surface area (Å²) in [4.78, 5) is 0. The third kappa shape index (κ3) is 2.80. The average molecular weight is 295 g/mol. The van der Waals surface area contributed by atoms with E-state index in [0.717, 1.165) is 29.4 Å². The normalized spacial score (nSPS) is 23.4. The van der Waals surface area contributed by atoms with Gasteiger partial charge in [-0.1, -0.05) is 22.4 Å². The first-order valence-corrected chi connectivity index (χ1v) is 6.61. The number of nitriles is 1. The van der Waals surface area contributed by atoms with Crippen molar-refractivity contribution in [3.63, 3.8) is 0 Å². The fourth-order valence-electron chi connectivity index (χ4n) is 2.38. The standard InChI is InChI=1S/C13H15BrN2O/c14-11-5-4-9(7-15)13(6-11)16-12-3-1-2-10(12)8-17/h4-6,10,12,16-17H,1-3,8H2. The number of anilines is 1. The van der Waals surface area contributed by atoms with E-state index in [-0.39, 0.29) is 12.6 Å². The molecule has 0 aliphatic heterocycles. The van der Waals surface area contributed by atoms with Gasteiger partial charge < -0.3 is 10.4 Å². The van der Waals surface area contributed by atoms with Crippen LogP contribution in [0.3, 0.4) is 0 Å². The second-order valence-electron chi connectivity index (χ2n) is 4.43. The van der Waals surface area contributed by atoms with Crippen LogP contribution in [0.4, 0.5) is 5.69 Å². The molecule has 0 radical (unpaired) electrons. The van der Waals surface area contributed by atoms with E-state index in [9.17, 15) is 5.11 Å². The van der Waals surface area contributed by atoms with Crippen molar-refractivity contribution in [2.75, 3.05) is 11.9 Å². The highest BCUT2D eigenvalue weighted by molar-refractivity contribution is 9.10. The van der Waals surface area contributed by atoms with Crippen LogP contribution < -0.4 is 5.32 Å². The van der Waals surface area contributed by atoms with Gasteiger partial charge in [-0.15, -0.1) is 0 Å². The first-order chi connectivity index (χ1) is 8.24. The number of rotatable bonds is 3. The molecule has 2 atom stereocenters. The zero-order valence-corrected chi connectivity index (χ0v) is 11.1. The second kappa shape index (κ2) is 5.52. The number of halogens is 1. The third-order valence-corrected chi connectivity index (χ3v) is 3.83. The van der Waals surface area contributed by atoms with Gasteiger partial charge in [-0.2, -0.15) is 5.26 Å². The molecular formula is C13H15BrN2O. The second-order valence-corrected chi connectivity index (χ2v) is 5.34. The lowest BCUT2D eigenvalue weighted by Crippen LogP contribution is -2.26. The van der Waals surface area contributed by atoms with E-state index in [1.54, 1.807) is 6.07 Å². The molecule has 0 heterocycles. The minimum atomic E-state index is 0.216. The minimum absolute atomic E-state index is 0.216. The van der Waals surface area contributed by atoms with Gasteiger partial charge in [-0.05, 0) is 31.0 Å². The number of hydrogen-bond acceptors (Lipinski definition) is 3. The monoisotopic (exact) mass is 294 g/mol. The number of aliphatic hydroxyl groups excluding tert-OH is 1. The molecule has 90 valence electrons. The van der Waals surface area contributed by atoms with E-state index in [1.165, 1.54) is 0 Å². The lowest BCUT2D eigenvalue weighted by molar-refractivity contribution is 0.222. The summed E-state index contributed by atoms with van der Waals surface area (Å²) in [5, 5.41) is 21.7. The van der Waals surface area contributed by atoms with Gasteiger partial charge in [0, 0.05) is 23.0 Å². The Morgan fingerprint density at radius 1 is 1.47 bits per heavy atom. The van der Waals surface area contributed by atoms with Gasteiger partial charge in [0.25, 0.3) is 0 Å². The maximum Gasteiger partial charge on any atom is 0.101 e. The van der Waals surface area contributed by atoms with Gasteiger partial charge in [0.2, 0.25) is 0 Å². The molecule has 0 aromatic heterocycles. The van der Waals surface area contributed by atoms with Crippen LogP contribution >= 0.6 is 15.9 Å². The van der Waals surface area contributed by atoms with Crippen LogP contribution in [0.2, 0.25) is 0 Å². The molecule has 0 saturated heterocycles. The zero-order valence-electron chi connectivity index (χ0n) is 9.49. The van der Waals surface area contributed by atoms with E-state index in [1.807, 2.05) is 12.1 Å². The molecule has 0 bridgehead atoms. The molecule has 1 aromatic rings. The van der Waals surface area contributed by atoms with Crippen molar-refractivity contribution < 1.29 is 5.11 Å². The van der Waals surface area contributed by atoms with Gasteiger partial charge >= 0.3 is 0 Å². The zero-order chi connectivity index (χ0) is 12.3. The SMILES string of the molecule is N#Cc1ccc(Br)cc1NC1CCCC1CO. The van der Waals surface area contributed by atoms with Crippen molar-refractivity contribution in [1.82, 2.24) is 0 Å². The molecule has 17 heavy (non-hydrogen) atoms. The lowest BCUT2D eigenvalue weighted by Gasteiger charge is -2.21. The van der Waals surface area contributed by atoms with Crippen molar-refractivity contribution in [2.24, 2.45) is 5.92 Å². The number of aliphatic hydroxyl groups is 1. The molecule has 1 aromatic carbocycles. The largest absolute Gasteiger partial charge is 0.396 e. The van der Waals surface area contributed by atoms with Crippen molar-refractivity contribution in [2.45, 2.75) is 25.3 Å². The van der Waals surface area contributed by atoms with Crippen LogP contribution in [0.25, 0.3) is 0 Å². The molecule has 1 saturated carbocycles. The Morgan fingerprint density at radius 3 is 3.00 bits per heavy atom. The first-order valence-electron chi connectivity index (χ1n) is 5.81. The van der Waals surface area contributed by atoms with Crippen LogP contribution in [0.15, 0.2) is 22.7 Å². The summed E-state index contributed by atoms with van der Waals surface area (Å²) < 4.78 is 0.956. The highest BCUT2D eigenvalue weighted by Gasteiger charge is 2.26. The van der Waals surface area contributed by atoms with E-state index < -0.39 is 0 Å². The van der Waals surface area contributed by atoms with Crippen LogP contribution in [0.1, 0.15) is 24.8 Å². The van der Waals surface area contributed by atoms with Crippen molar-refractivity contribution in [1.29, 1.82) is 5.26 Å². The van der Waals surface area contributed by atoms with Gasteiger partial charge in [-0.3, -0.25) is 0 Å². The third-order valence-electron chi connectivity index (χ3n) is 3.34. The Hall–Kier alpha value is -1.05. The maximum atomic E-state index is 9.28. The van der Waals surface area contributed by atoms with Crippen LogP contribution in [0.5, 0.6) is 0 Å². The molecule has 1 fully saturated rings. The average Bonchev–Trinajstić information content (AvgIpc) is 2.77. The molecule has 2 rings (SSSR count). The van der Waals surface area contributed by atoms with Gasteiger partial charge in [0.1, 0.15) is 6.07 Å². The van der Waals surface area contributed by atoms with E-state index in [2.05, 4.69) is 27.3 Å². The highest BCUT2D eigenvalue weighted by Crippen LogP contribution is 2.30. The molecule has 2 N–H and O–H groups in total. The minimum Gasteiger partial charge on any atom is -0.396 e. The molecule has 2 unspecified atom stereocenters. The van der Waals surface area contributed by atoms with Crippen LogP contribution in [-0.2, 0) is 0 Å². The molecule has 1 aliphatic rings. The Labute approximate surface area is 110 Å². The molecule has 1 aliphatic carbocycles. The van der Waals surface area contributed by atoms with Gasteiger partial charge in [0.05, 0.1) is 11.3 Å². The lowest BCUT2D eigenvalue weighted by atomic mass is 10.0. The number of benzene rings is 1. The maximum absolute atomic E-state index is 9.28. The Balaban J connectivity index is 2.18. The van der Waals surface area contributed by atoms with E-state index in [4.69, 9.17) is 5.26 Å². The van der Waals surface area contributed by atoms with E-state index in [0.29, 0.717) is 11.5 Å². The summed E-state index contributed by atoms with van der Waals surface area (Å²) >= 11 is 3.41. The van der Waals surface area contributed by atoms with Gasteiger partial charge in [0.15, 0.2) is 0 Å². The predicted molar refractivity (Wildman–Crippen MR) is 70.7 cm³/mol. The summed E-state index contributed by atoms with van der Waals surface area (Å²) in [5.41, 5.74) is 1.50. The number of nitrogens with zero attached hydrogens (tertiary/aromatic N) is 1. The fraction of sp³-hybridized carbons (Fsp3) is 0.462. The summed E-state index contributed by atoms with van der Waals surface area (Å²) in [6, 6.07) is 8.05. The van der Waals surface area contributed by atoms with Crippen molar-refractivity contribution in [3.8, 4) is 6.07 Å². The summed E-state index contributed by atoms with van der Waals surface area (Å²) in [6.07, 6.45) is 3.26. The molecular weight excluding hydrogens is 280 g/mol. The van der Waals surface area contributed by atoms with Crippen LogP contribution in [0, 0.1) is 17.2 Å². The summed E-state index contributed by atoms with van der Waals surface area (Å²) in [7, 11) is 0. The Kier molecular flexibility index (Phi) is 4.03. The highest BCUT2D eigenvalue weighted by atomic mass is 79.9. The molecule has 0 amide bonds. The molecule has 3 nitrogen and oxygen atoms in total. The van der Waals surface area contributed by atoms with Crippen LogP contribution in [-0.4, -0.2) is 17.8 Å². The van der Waals surface area contributed by atoms with Crippen molar-refractivity contribution >= 4 is 21.6 Å². The van der Waals surface area contributed by atoms with Gasteiger partial charge in [-0.25, -0.2) is 0 Å².